The second-order valence-electron chi connectivity index (χ2n) is 10.1. The normalized spacial score (nSPS) is 15.0. The standard InChI is InChI=1S/C34H30FN3O4S/c1-4-41-25-16-14-22(15-17-25)31-30(33(40)42-5-2)21(3)36-34-38(31)32(39)29(43-34)18-24-20-37(28-13-9-7-11-26(24)28)19-23-10-6-8-12-27(23)35/h6-18,20,31H,4-5,19H2,1-3H3/b29-18-/t31-/m1/s1. The van der Waals surface area contributed by atoms with Gasteiger partial charge in [-0.3, -0.25) is 9.36 Å². The van der Waals surface area contributed by atoms with Crippen LogP contribution in [-0.4, -0.2) is 28.3 Å². The number of hydrogen-bond acceptors (Lipinski definition) is 6. The van der Waals surface area contributed by atoms with Crippen molar-refractivity contribution in [3.63, 3.8) is 0 Å². The lowest BCUT2D eigenvalue weighted by molar-refractivity contribution is -0.139. The van der Waals surface area contributed by atoms with Gasteiger partial charge in [-0.25, -0.2) is 14.2 Å². The molecule has 6 rings (SSSR count). The van der Waals surface area contributed by atoms with Crippen LogP contribution in [0.4, 0.5) is 4.39 Å². The minimum atomic E-state index is -0.712. The van der Waals surface area contributed by atoms with Crippen molar-refractivity contribution >= 4 is 34.3 Å². The summed E-state index contributed by atoms with van der Waals surface area (Å²) >= 11 is 1.27. The van der Waals surface area contributed by atoms with E-state index in [1.807, 2.05) is 78.4 Å². The maximum atomic E-state index is 14.5. The molecular weight excluding hydrogens is 565 g/mol. The molecule has 1 atom stereocenters. The Kier molecular flexibility index (Phi) is 7.82. The highest BCUT2D eigenvalue weighted by Crippen LogP contribution is 2.32. The average Bonchev–Trinajstić information content (AvgIpc) is 3.50. The van der Waals surface area contributed by atoms with Gasteiger partial charge in [-0.05, 0) is 56.7 Å². The van der Waals surface area contributed by atoms with Crippen LogP contribution in [0.5, 0.6) is 5.75 Å². The molecule has 1 aliphatic rings. The van der Waals surface area contributed by atoms with Crippen LogP contribution in [0.2, 0.25) is 0 Å². The summed E-state index contributed by atoms with van der Waals surface area (Å²) in [4.78, 5) is 32.5. The summed E-state index contributed by atoms with van der Waals surface area (Å²) < 4.78 is 29.5. The van der Waals surface area contributed by atoms with Gasteiger partial charge in [0.15, 0.2) is 4.80 Å². The smallest absolute Gasteiger partial charge is 0.338 e. The van der Waals surface area contributed by atoms with Crippen molar-refractivity contribution in [1.82, 2.24) is 9.13 Å². The fourth-order valence-electron chi connectivity index (χ4n) is 5.49. The first-order valence-corrected chi connectivity index (χ1v) is 14.9. The van der Waals surface area contributed by atoms with E-state index in [-0.39, 0.29) is 18.0 Å². The van der Waals surface area contributed by atoms with E-state index in [4.69, 9.17) is 9.47 Å². The molecule has 0 fully saturated rings. The predicted octanol–water partition coefficient (Wildman–Crippen LogP) is 5.34. The molecule has 0 aliphatic carbocycles. The number of carbonyl (C=O) groups excluding carboxylic acids is 1. The minimum Gasteiger partial charge on any atom is -0.494 e. The van der Waals surface area contributed by atoms with Crippen LogP contribution < -0.4 is 19.6 Å². The van der Waals surface area contributed by atoms with Gasteiger partial charge >= 0.3 is 5.97 Å². The van der Waals surface area contributed by atoms with E-state index >= 15 is 0 Å². The van der Waals surface area contributed by atoms with Crippen LogP contribution in [0.3, 0.4) is 0 Å². The monoisotopic (exact) mass is 595 g/mol. The summed E-state index contributed by atoms with van der Waals surface area (Å²) in [5.41, 5.74) is 3.65. The fourth-order valence-corrected chi connectivity index (χ4v) is 6.53. The van der Waals surface area contributed by atoms with E-state index in [1.165, 1.54) is 17.4 Å². The van der Waals surface area contributed by atoms with Gasteiger partial charge in [0, 0.05) is 28.2 Å². The van der Waals surface area contributed by atoms with Crippen molar-refractivity contribution in [2.24, 2.45) is 4.99 Å². The van der Waals surface area contributed by atoms with Crippen molar-refractivity contribution in [2.75, 3.05) is 13.2 Å². The van der Waals surface area contributed by atoms with Crippen molar-refractivity contribution in [3.8, 4) is 5.75 Å². The van der Waals surface area contributed by atoms with Gasteiger partial charge in [0.25, 0.3) is 5.56 Å². The highest BCUT2D eigenvalue weighted by atomic mass is 32.1. The number of para-hydroxylation sites is 1. The Morgan fingerprint density at radius 2 is 1.77 bits per heavy atom. The first-order chi connectivity index (χ1) is 20.9. The number of esters is 1. The van der Waals surface area contributed by atoms with Crippen LogP contribution in [-0.2, 0) is 16.1 Å². The van der Waals surface area contributed by atoms with Crippen LogP contribution in [0.25, 0.3) is 17.0 Å². The maximum Gasteiger partial charge on any atom is 0.338 e. The van der Waals surface area contributed by atoms with Crippen LogP contribution >= 0.6 is 11.3 Å². The van der Waals surface area contributed by atoms with E-state index < -0.39 is 12.0 Å². The summed E-state index contributed by atoms with van der Waals surface area (Å²) in [5, 5.41) is 0.941. The number of carbonyl (C=O) groups is 1. The molecule has 0 radical (unpaired) electrons. The molecule has 5 aromatic rings. The second-order valence-corrected chi connectivity index (χ2v) is 11.1. The number of fused-ring (bicyclic) bond motifs is 2. The molecule has 0 saturated carbocycles. The van der Waals surface area contributed by atoms with Crippen molar-refractivity contribution in [2.45, 2.75) is 33.4 Å². The summed E-state index contributed by atoms with van der Waals surface area (Å²) in [6.07, 6.45) is 3.79. The van der Waals surface area contributed by atoms with Crippen molar-refractivity contribution < 1.29 is 18.7 Å². The molecule has 3 aromatic carbocycles. The zero-order valence-corrected chi connectivity index (χ0v) is 24.9. The average molecular weight is 596 g/mol. The Morgan fingerprint density at radius 1 is 1.02 bits per heavy atom. The maximum absolute atomic E-state index is 14.5. The molecule has 2 aromatic heterocycles. The van der Waals surface area contributed by atoms with E-state index in [0.717, 1.165) is 22.0 Å². The summed E-state index contributed by atoms with van der Waals surface area (Å²) in [5.74, 6) is -0.0749. The highest BCUT2D eigenvalue weighted by Gasteiger charge is 2.33. The molecule has 0 bridgehead atoms. The number of thiazole rings is 1. The van der Waals surface area contributed by atoms with E-state index in [0.29, 0.717) is 45.1 Å². The third-order valence-corrected chi connectivity index (χ3v) is 8.41. The molecule has 43 heavy (non-hydrogen) atoms. The Bertz CT molecular complexity index is 2050. The Balaban J connectivity index is 1.50. The Hall–Kier alpha value is -4.76. The third-order valence-electron chi connectivity index (χ3n) is 7.43. The SMILES string of the molecule is CCOC(=O)C1=C(C)N=c2s/c(=C\c3cn(Cc4ccccc4F)c4ccccc34)c(=O)n2[C@@H]1c1ccc(OCC)cc1. The van der Waals surface area contributed by atoms with E-state index in [1.54, 1.807) is 30.5 Å². The number of allylic oxidation sites excluding steroid dienone is 1. The number of nitrogens with zero attached hydrogens (tertiary/aromatic N) is 3. The molecule has 3 heterocycles. The first kappa shape index (κ1) is 28.4. The lowest BCUT2D eigenvalue weighted by Gasteiger charge is -2.24. The number of rotatable bonds is 8. The second kappa shape index (κ2) is 11.9. The number of halogens is 1. The van der Waals surface area contributed by atoms with Gasteiger partial charge in [0.2, 0.25) is 0 Å². The first-order valence-electron chi connectivity index (χ1n) is 14.1. The van der Waals surface area contributed by atoms with Gasteiger partial charge in [0.05, 0.1) is 41.6 Å². The van der Waals surface area contributed by atoms with Crippen LogP contribution in [0, 0.1) is 5.82 Å². The fraction of sp³-hybridized carbons (Fsp3) is 0.206. The molecule has 1 aliphatic heterocycles. The molecule has 0 saturated heterocycles. The van der Waals surface area contributed by atoms with Crippen LogP contribution in [0.15, 0.2) is 100 Å². The van der Waals surface area contributed by atoms with Crippen LogP contribution in [0.1, 0.15) is 43.5 Å². The molecule has 0 unspecified atom stereocenters. The molecule has 9 heteroatoms. The molecule has 0 N–H and O–H groups in total. The third kappa shape index (κ3) is 5.32. The number of hydrogen-bond donors (Lipinski definition) is 0. The van der Waals surface area contributed by atoms with E-state index in [9.17, 15) is 14.0 Å². The lowest BCUT2D eigenvalue weighted by atomic mass is 9.96. The van der Waals surface area contributed by atoms with Crippen molar-refractivity contribution in [3.05, 3.63) is 132 Å². The van der Waals surface area contributed by atoms with E-state index in [2.05, 4.69) is 4.99 Å². The molecular formula is C34H30FN3O4S. The van der Waals surface area contributed by atoms with Gasteiger partial charge in [-0.1, -0.05) is 59.9 Å². The molecule has 7 nitrogen and oxygen atoms in total. The number of benzene rings is 3. The van der Waals surface area contributed by atoms with Crippen molar-refractivity contribution in [1.29, 1.82) is 0 Å². The summed E-state index contributed by atoms with van der Waals surface area (Å²) in [7, 11) is 0. The Morgan fingerprint density at radius 3 is 2.51 bits per heavy atom. The predicted molar refractivity (Wildman–Crippen MR) is 165 cm³/mol. The quantitative estimate of drug-likeness (QED) is 0.227. The zero-order valence-electron chi connectivity index (χ0n) is 24.0. The molecule has 218 valence electrons. The van der Waals surface area contributed by atoms with Gasteiger partial charge in [0.1, 0.15) is 11.6 Å². The van der Waals surface area contributed by atoms with Gasteiger partial charge in [-0.15, -0.1) is 0 Å². The topological polar surface area (TPSA) is 74.8 Å². The lowest BCUT2D eigenvalue weighted by Crippen LogP contribution is -2.39. The largest absolute Gasteiger partial charge is 0.494 e. The minimum absolute atomic E-state index is 0.201. The number of aromatic nitrogens is 2. The van der Waals surface area contributed by atoms with Gasteiger partial charge < -0.3 is 14.0 Å². The molecule has 0 amide bonds. The molecule has 0 spiro atoms. The number of ether oxygens (including phenoxy) is 2. The highest BCUT2D eigenvalue weighted by molar-refractivity contribution is 7.07. The van der Waals surface area contributed by atoms with Gasteiger partial charge in [-0.2, -0.15) is 0 Å². The Labute approximate surface area is 251 Å². The zero-order chi connectivity index (χ0) is 30.1. The summed E-state index contributed by atoms with van der Waals surface area (Å²) in [6.45, 7) is 6.50. The summed E-state index contributed by atoms with van der Waals surface area (Å²) in [6, 6.07) is 21.2.